The number of β-amino-alcohol motifs (C(OH)–C–C–N with tert-alkyl or cyclic N) is 1. The van der Waals surface area contributed by atoms with E-state index in [0.29, 0.717) is 19.8 Å². The van der Waals surface area contributed by atoms with Crippen molar-refractivity contribution in [2.45, 2.75) is 12.5 Å². The monoisotopic (exact) mass is 239 g/mol. The number of morpholine rings is 1. The zero-order valence-corrected chi connectivity index (χ0v) is 9.32. The molecule has 0 aliphatic carbocycles. The number of hydrogen-bond acceptors (Lipinski definition) is 5. The van der Waals surface area contributed by atoms with Crippen LogP contribution in [-0.2, 0) is 14.9 Å². The second-order valence-electron chi connectivity index (χ2n) is 3.64. The van der Waals surface area contributed by atoms with Gasteiger partial charge in [0.2, 0.25) is 0 Å². The SMILES string of the molecule is O=S(=O)(O)CCC(O)CN1CCOCC1. The first-order valence-corrected chi connectivity index (χ1v) is 6.51. The van der Waals surface area contributed by atoms with Crippen LogP contribution in [0.4, 0.5) is 0 Å². The average Bonchev–Trinajstić information content (AvgIpc) is 2.15. The van der Waals surface area contributed by atoms with Crippen molar-refractivity contribution in [3.8, 4) is 0 Å². The van der Waals surface area contributed by atoms with Gasteiger partial charge in [0.15, 0.2) is 0 Å². The molecule has 1 aliphatic rings. The molecule has 0 radical (unpaired) electrons. The molecule has 1 atom stereocenters. The van der Waals surface area contributed by atoms with E-state index < -0.39 is 22.0 Å². The smallest absolute Gasteiger partial charge is 0.264 e. The Morgan fingerprint density at radius 1 is 1.33 bits per heavy atom. The lowest BCUT2D eigenvalue weighted by molar-refractivity contribution is 0.0142. The molecule has 0 amide bonds. The van der Waals surface area contributed by atoms with Gasteiger partial charge in [0.05, 0.1) is 25.1 Å². The highest BCUT2D eigenvalue weighted by atomic mass is 32.2. The second-order valence-corrected chi connectivity index (χ2v) is 5.21. The summed E-state index contributed by atoms with van der Waals surface area (Å²) < 4.78 is 34.5. The first kappa shape index (κ1) is 12.9. The minimum absolute atomic E-state index is 0.0657. The van der Waals surface area contributed by atoms with Gasteiger partial charge in [0, 0.05) is 19.6 Å². The van der Waals surface area contributed by atoms with Crippen LogP contribution in [-0.4, -0.2) is 67.7 Å². The van der Waals surface area contributed by atoms with Crippen LogP contribution in [0.25, 0.3) is 0 Å². The van der Waals surface area contributed by atoms with E-state index in [9.17, 15) is 13.5 Å². The summed E-state index contributed by atoms with van der Waals surface area (Å²) in [5.74, 6) is -0.390. The number of ether oxygens (including phenoxy) is 1. The molecule has 0 aromatic heterocycles. The van der Waals surface area contributed by atoms with Crippen LogP contribution in [0, 0.1) is 0 Å². The molecular weight excluding hydrogens is 222 g/mol. The van der Waals surface area contributed by atoms with Gasteiger partial charge in [-0.3, -0.25) is 9.45 Å². The lowest BCUT2D eigenvalue weighted by Gasteiger charge is -2.28. The molecule has 1 heterocycles. The van der Waals surface area contributed by atoms with Crippen LogP contribution in [0.15, 0.2) is 0 Å². The molecule has 1 fully saturated rings. The third-order valence-electron chi connectivity index (χ3n) is 2.28. The number of aliphatic hydroxyl groups is 1. The summed E-state index contributed by atoms with van der Waals surface area (Å²) in [6, 6.07) is 0. The Bertz CT molecular complexity index is 273. The third-order valence-corrected chi connectivity index (χ3v) is 3.03. The Morgan fingerprint density at radius 3 is 2.47 bits per heavy atom. The summed E-state index contributed by atoms with van der Waals surface area (Å²) in [7, 11) is -3.96. The van der Waals surface area contributed by atoms with Crippen LogP contribution < -0.4 is 0 Å². The Labute approximate surface area is 89.6 Å². The molecule has 15 heavy (non-hydrogen) atoms. The van der Waals surface area contributed by atoms with Crippen LogP contribution in [0.2, 0.25) is 0 Å². The summed E-state index contributed by atoms with van der Waals surface area (Å²) in [4.78, 5) is 2.01. The summed E-state index contributed by atoms with van der Waals surface area (Å²) >= 11 is 0. The predicted octanol–water partition coefficient (Wildman–Crippen LogP) is -1.04. The van der Waals surface area contributed by atoms with Gasteiger partial charge in [0.1, 0.15) is 0 Å². The van der Waals surface area contributed by atoms with Gasteiger partial charge in [-0.1, -0.05) is 0 Å². The van der Waals surface area contributed by atoms with Gasteiger partial charge in [-0.15, -0.1) is 0 Å². The molecule has 0 bridgehead atoms. The molecular formula is C8H17NO5S. The van der Waals surface area contributed by atoms with E-state index in [1.807, 2.05) is 4.90 Å². The third kappa shape index (κ3) is 6.06. The fraction of sp³-hybridized carbons (Fsp3) is 1.00. The van der Waals surface area contributed by atoms with Crippen LogP contribution in [0.5, 0.6) is 0 Å². The Hall–Kier alpha value is -0.210. The molecule has 0 aromatic carbocycles. The Morgan fingerprint density at radius 2 is 1.93 bits per heavy atom. The first-order chi connectivity index (χ1) is 6.97. The van der Waals surface area contributed by atoms with E-state index in [4.69, 9.17) is 9.29 Å². The van der Waals surface area contributed by atoms with Gasteiger partial charge in [-0.25, -0.2) is 0 Å². The van der Waals surface area contributed by atoms with Crippen molar-refractivity contribution in [2.24, 2.45) is 0 Å². The van der Waals surface area contributed by atoms with Crippen molar-refractivity contribution in [2.75, 3.05) is 38.6 Å². The largest absolute Gasteiger partial charge is 0.392 e. The van der Waals surface area contributed by atoms with Crippen LogP contribution >= 0.6 is 0 Å². The molecule has 7 heteroatoms. The maximum atomic E-state index is 10.4. The van der Waals surface area contributed by atoms with Crippen molar-refractivity contribution >= 4 is 10.1 Å². The number of hydrogen-bond donors (Lipinski definition) is 2. The summed E-state index contributed by atoms with van der Waals surface area (Å²) in [6.07, 6.45) is -0.652. The molecule has 2 N–H and O–H groups in total. The molecule has 0 spiro atoms. The molecule has 0 aromatic rings. The van der Waals surface area contributed by atoms with Crippen LogP contribution in [0.1, 0.15) is 6.42 Å². The summed E-state index contributed by atoms with van der Waals surface area (Å²) in [6.45, 7) is 3.22. The molecule has 1 saturated heterocycles. The van der Waals surface area contributed by atoms with E-state index in [2.05, 4.69) is 0 Å². The second kappa shape index (κ2) is 5.76. The minimum atomic E-state index is -3.96. The van der Waals surface area contributed by atoms with Gasteiger partial charge in [0.25, 0.3) is 10.1 Å². The minimum Gasteiger partial charge on any atom is -0.392 e. The number of rotatable bonds is 5. The van der Waals surface area contributed by atoms with Gasteiger partial charge < -0.3 is 9.84 Å². The van der Waals surface area contributed by atoms with Crippen molar-refractivity contribution in [1.82, 2.24) is 4.90 Å². The van der Waals surface area contributed by atoms with E-state index in [-0.39, 0.29) is 6.42 Å². The van der Waals surface area contributed by atoms with E-state index in [1.165, 1.54) is 0 Å². The summed E-state index contributed by atoms with van der Waals surface area (Å²) in [5.41, 5.74) is 0. The fourth-order valence-corrected chi connectivity index (χ4v) is 2.03. The normalized spacial score (nSPS) is 21.5. The van der Waals surface area contributed by atoms with Gasteiger partial charge in [-0.2, -0.15) is 8.42 Å². The zero-order valence-electron chi connectivity index (χ0n) is 8.50. The number of nitrogens with zero attached hydrogens (tertiary/aromatic N) is 1. The predicted molar refractivity (Wildman–Crippen MR) is 54.3 cm³/mol. The summed E-state index contributed by atoms with van der Waals surface area (Å²) in [5, 5.41) is 9.51. The maximum absolute atomic E-state index is 10.4. The maximum Gasteiger partial charge on any atom is 0.264 e. The quantitative estimate of drug-likeness (QED) is 0.596. The fourth-order valence-electron chi connectivity index (χ4n) is 1.46. The topological polar surface area (TPSA) is 87.1 Å². The molecule has 1 aliphatic heterocycles. The molecule has 6 nitrogen and oxygen atoms in total. The lowest BCUT2D eigenvalue weighted by Crippen LogP contribution is -2.41. The van der Waals surface area contributed by atoms with Crippen LogP contribution in [0.3, 0.4) is 0 Å². The molecule has 90 valence electrons. The lowest BCUT2D eigenvalue weighted by atomic mass is 10.2. The standard InChI is InChI=1S/C8H17NO5S/c10-8(1-6-15(11,12)13)7-9-2-4-14-5-3-9/h8,10H,1-7H2,(H,11,12,13). The Balaban J connectivity index is 2.20. The Kier molecular flexibility index (Phi) is 4.94. The zero-order chi connectivity index (χ0) is 11.3. The van der Waals surface area contributed by atoms with Crippen molar-refractivity contribution in [3.05, 3.63) is 0 Å². The highest BCUT2D eigenvalue weighted by Gasteiger charge is 2.16. The highest BCUT2D eigenvalue weighted by Crippen LogP contribution is 2.02. The van der Waals surface area contributed by atoms with E-state index in [0.717, 1.165) is 13.1 Å². The first-order valence-electron chi connectivity index (χ1n) is 4.91. The highest BCUT2D eigenvalue weighted by molar-refractivity contribution is 7.85. The van der Waals surface area contributed by atoms with E-state index in [1.54, 1.807) is 0 Å². The number of aliphatic hydroxyl groups excluding tert-OH is 1. The van der Waals surface area contributed by atoms with E-state index >= 15 is 0 Å². The van der Waals surface area contributed by atoms with Crippen molar-refractivity contribution < 1.29 is 22.8 Å². The average molecular weight is 239 g/mol. The van der Waals surface area contributed by atoms with Crippen molar-refractivity contribution in [3.63, 3.8) is 0 Å². The molecule has 1 unspecified atom stereocenters. The molecule has 0 saturated carbocycles. The van der Waals surface area contributed by atoms with Crippen molar-refractivity contribution in [1.29, 1.82) is 0 Å². The van der Waals surface area contributed by atoms with Gasteiger partial charge >= 0.3 is 0 Å². The van der Waals surface area contributed by atoms with Gasteiger partial charge in [-0.05, 0) is 6.42 Å². The molecule has 1 rings (SSSR count).